The molecule has 6 nitrogen and oxygen atoms in total. The number of hydrogen-bond acceptors (Lipinski definition) is 4. The predicted molar refractivity (Wildman–Crippen MR) is 98.4 cm³/mol. The van der Waals surface area contributed by atoms with Crippen molar-refractivity contribution in [1.29, 1.82) is 0 Å². The minimum atomic E-state index is -1.10. The van der Waals surface area contributed by atoms with Gasteiger partial charge >= 0.3 is 5.97 Å². The van der Waals surface area contributed by atoms with E-state index in [1.165, 1.54) is 23.9 Å². The molecule has 0 bridgehead atoms. The van der Waals surface area contributed by atoms with E-state index in [9.17, 15) is 14.4 Å². The second kappa shape index (κ2) is 7.70. The molecule has 136 valence electrons. The number of carboxylic acid groups (broad SMARTS) is 1. The maximum absolute atomic E-state index is 12.8. The molecule has 0 aliphatic rings. The van der Waals surface area contributed by atoms with Crippen LogP contribution in [0.3, 0.4) is 0 Å². The van der Waals surface area contributed by atoms with Crippen LogP contribution in [0.2, 0.25) is 0 Å². The molecule has 0 atom stereocenters. The third-order valence-corrected chi connectivity index (χ3v) is 4.09. The molecule has 0 saturated heterocycles. The van der Waals surface area contributed by atoms with Gasteiger partial charge < -0.3 is 14.4 Å². The van der Waals surface area contributed by atoms with Crippen molar-refractivity contribution in [3.63, 3.8) is 0 Å². The number of aliphatic carboxylic acids is 1. The van der Waals surface area contributed by atoms with Crippen LogP contribution in [-0.2, 0) is 11.3 Å². The molecule has 1 heterocycles. The van der Waals surface area contributed by atoms with E-state index in [2.05, 4.69) is 0 Å². The molecular weight excluding hydrogens is 346 g/mol. The number of carbonyl (C=O) groups excluding carboxylic acids is 2. The summed E-state index contributed by atoms with van der Waals surface area (Å²) in [5.41, 5.74) is 1.24. The minimum Gasteiger partial charge on any atom is -0.497 e. The van der Waals surface area contributed by atoms with Gasteiger partial charge in [-0.05, 0) is 30.3 Å². The summed E-state index contributed by atoms with van der Waals surface area (Å²) >= 11 is 0. The van der Waals surface area contributed by atoms with Gasteiger partial charge in [0.05, 0.1) is 12.8 Å². The zero-order valence-corrected chi connectivity index (χ0v) is 14.6. The Morgan fingerprint density at radius 2 is 1.52 bits per heavy atom. The maximum atomic E-state index is 12.8. The van der Waals surface area contributed by atoms with Crippen molar-refractivity contribution in [2.24, 2.45) is 0 Å². The SMILES string of the molecule is COc1ccc(C(=O)c2cc(C(=O)c3ccccc3)n(CC(=O)O)c2)cc1. The van der Waals surface area contributed by atoms with Gasteiger partial charge in [-0.2, -0.15) is 0 Å². The van der Waals surface area contributed by atoms with Gasteiger partial charge in [0.15, 0.2) is 5.78 Å². The van der Waals surface area contributed by atoms with Crippen molar-refractivity contribution >= 4 is 17.5 Å². The van der Waals surface area contributed by atoms with E-state index in [4.69, 9.17) is 9.84 Å². The Morgan fingerprint density at radius 1 is 0.889 bits per heavy atom. The Bertz CT molecular complexity index is 987. The maximum Gasteiger partial charge on any atom is 0.323 e. The minimum absolute atomic E-state index is 0.153. The number of hydrogen-bond donors (Lipinski definition) is 1. The normalized spacial score (nSPS) is 10.4. The highest BCUT2D eigenvalue weighted by Gasteiger charge is 2.20. The van der Waals surface area contributed by atoms with Gasteiger partial charge in [0, 0.05) is 22.9 Å². The number of carboxylic acids is 1. The standard InChI is InChI=1S/C21H17NO5/c1-27-17-9-7-15(8-10-17)20(25)16-11-18(22(12-16)13-19(23)24)21(26)14-5-3-2-4-6-14/h2-12H,13H2,1H3,(H,23,24). The van der Waals surface area contributed by atoms with Crippen molar-refractivity contribution in [2.75, 3.05) is 7.11 Å². The lowest BCUT2D eigenvalue weighted by Crippen LogP contribution is -2.14. The van der Waals surface area contributed by atoms with Crippen molar-refractivity contribution in [1.82, 2.24) is 4.57 Å². The van der Waals surface area contributed by atoms with E-state index >= 15 is 0 Å². The van der Waals surface area contributed by atoms with E-state index in [1.807, 2.05) is 0 Å². The monoisotopic (exact) mass is 363 g/mol. The summed E-state index contributed by atoms with van der Waals surface area (Å²) in [6.07, 6.45) is 1.40. The summed E-state index contributed by atoms with van der Waals surface area (Å²) in [5, 5.41) is 9.14. The first-order valence-electron chi connectivity index (χ1n) is 8.20. The lowest BCUT2D eigenvalue weighted by Gasteiger charge is -2.05. The molecule has 0 amide bonds. The number of nitrogens with zero attached hydrogens (tertiary/aromatic N) is 1. The second-order valence-electron chi connectivity index (χ2n) is 5.89. The molecule has 0 saturated carbocycles. The van der Waals surface area contributed by atoms with Crippen LogP contribution in [0.25, 0.3) is 0 Å². The molecule has 0 radical (unpaired) electrons. The van der Waals surface area contributed by atoms with Gasteiger partial charge in [0.25, 0.3) is 0 Å². The van der Waals surface area contributed by atoms with Crippen LogP contribution < -0.4 is 4.74 Å². The van der Waals surface area contributed by atoms with Crippen LogP contribution in [0, 0.1) is 0 Å². The molecular formula is C21H17NO5. The van der Waals surface area contributed by atoms with Crippen LogP contribution in [0.5, 0.6) is 5.75 Å². The van der Waals surface area contributed by atoms with E-state index < -0.39 is 12.5 Å². The molecule has 0 fully saturated rings. The molecule has 0 aliphatic heterocycles. The molecule has 0 spiro atoms. The topological polar surface area (TPSA) is 85.6 Å². The van der Waals surface area contributed by atoms with Gasteiger partial charge in [0.2, 0.25) is 5.78 Å². The number of ketones is 2. The summed E-state index contributed by atoms with van der Waals surface area (Å²) in [5.74, 6) is -1.12. The highest BCUT2D eigenvalue weighted by Crippen LogP contribution is 2.19. The van der Waals surface area contributed by atoms with Crippen molar-refractivity contribution in [3.05, 3.63) is 89.2 Å². The fourth-order valence-electron chi connectivity index (χ4n) is 2.75. The van der Waals surface area contributed by atoms with Gasteiger partial charge in [-0.15, -0.1) is 0 Å². The van der Waals surface area contributed by atoms with Crippen molar-refractivity contribution in [2.45, 2.75) is 6.54 Å². The fourth-order valence-corrected chi connectivity index (χ4v) is 2.75. The smallest absolute Gasteiger partial charge is 0.323 e. The zero-order chi connectivity index (χ0) is 19.4. The third-order valence-electron chi connectivity index (χ3n) is 4.09. The first kappa shape index (κ1) is 18.1. The van der Waals surface area contributed by atoms with E-state index in [1.54, 1.807) is 54.6 Å². The Labute approximate surface area is 155 Å². The Morgan fingerprint density at radius 3 is 2.11 bits per heavy atom. The molecule has 3 rings (SSSR count). The molecule has 3 aromatic rings. The molecule has 0 unspecified atom stereocenters. The molecule has 0 aliphatic carbocycles. The molecule has 6 heteroatoms. The molecule has 1 N–H and O–H groups in total. The van der Waals surface area contributed by atoms with Gasteiger partial charge in [-0.25, -0.2) is 0 Å². The highest BCUT2D eigenvalue weighted by molar-refractivity contribution is 6.13. The fraction of sp³-hybridized carbons (Fsp3) is 0.0952. The average molecular weight is 363 g/mol. The lowest BCUT2D eigenvalue weighted by molar-refractivity contribution is -0.137. The van der Waals surface area contributed by atoms with Crippen molar-refractivity contribution in [3.8, 4) is 5.75 Å². The van der Waals surface area contributed by atoms with Crippen LogP contribution >= 0.6 is 0 Å². The number of ether oxygens (including phenoxy) is 1. The quantitative estimate of drug-likeness (QED) is 0.652. The average Bonchev–Trinajstić information content (AvgIpc) is 3.10. The van der Waals surface area contributed by atoms with Crippen LogP contribution in [0.4, 0.5) is 0 Å². The summed E-state index contributed by atoms with van der Waals surface area (Å²) < 4.78 is 6.36. The van der Waals surface area contributed by atoms with E-state index in [-0.39, 0.29) is 22.8 Å². The van der Waals surface area contributed by atoms with E-state index in [0.717, 1.165) is 0 Å². The van der Waals surface area contributed by atoms with E-state index in [0.29, 0.717) is 16.9 Å². The Kier molecular flexibility index (Phi) is 5.17. The van der Waals surface area contributed by atoms with Crippen LogP contribution in [0.15, 0.2) is 66.9 Å². The van der Waals surface area contributed by atoms with Crippen LogP contribution in [0.1, 0.15) is 32.0 Å². The summed E-state index contributed by atoms with van der Waals surface area (Å²) in [6, 6.07) is 16.5. The molecule has 1 aromatic heterocycles. The number of benzene rings is 2. The first-order valence-corrected chi connectivity index (χ1v) is 8.20. The number of carbonyl (C=O) groups is 3. The molecule has 27 heavy (non-hydrogen) atoms. The third kappa shape index (κ3) is 3.95. The molecule has 2 aromatic carbocycles. The summed E-state index contributed by atoms with van der Waals surface area (Å²) in [4.78, 5) is 36.7. The zero-order valence-electron chi connectivity index (χ0n) is 14.6. The van der Waals surface area contributed by atoms with Crippen molar-refractivity contribution < 1.29 is 24.2 Å². The summed E-state index contributed by atoms with van der Waals surface area (Å²) in [7, 11) is 1.53. The number of aromatic nitrogens is 1. The van der Waals surface area contributed by atoms with Crippen LogP contribution in [-0.4, -0.2) is 34.3 Å². The van der Waals surface area contributed by atoms with Gasteiger partial charge in [0.1, 0.15) is 12.3 Å². The second-order valence-corrected chi connectivity index (χ2v) is 5.89. The summed E-state index contributed by atoms with van der Waals surface area (Å²) in [6.45, 7) is -0.413. The van der Waals surface area contributed by atoms with Gasteiger partial charge in [-0.1, -0.05) is 30.3 Å². The predicted octanol–water partition coefficient (Wildman–Crippen LogP) is 3.04. The highest BCUT2D eigenvalue weighted by atomic mass is 16.5. The van der Waals surface area contributed by atoms with Gasteiger partial charge in [-0.3, -0.25) is 14.4 Å². The largest absolute Gasteiger partial charge is 0.497 e. The Balaban J connectivity index is 1.99. The number of methoxy groups -OCH3 is 1. The first-order chi connectivity index (χ1) is 13.0. The Hall–Kier alpha value is -3.67. The lowest BCUT2D eigenvalue weighted by atomic mass is 10.0. The number of rotatable bonds is 7.